The minimum Gasteiger partial charge on any atom is -0.465 e. The zero-order valence-electron chi connectivity index (χ0n) is 15.8. The number of para-hydroxylation sites is 1. The number of nitrogens with zero attached hydrogens (tertiary/aromatic N) is 2. The fraction of sp³-hybridized carbons (Fsp3) is 0.318. The maximum Gasteiger partial charge on any atom is 0.337 e. The lowest BCUT2D eigenvalue weighted by Gasteiger charge is -2.31. The number of carbonyl (C=O) groups excluding carboxylic acids is 3. The Bertz CT molecular complexity index is 940. The van der Waals surface area contributed by atoms with Gasteiger partial charge in [0.15, 0.2) is 0 Å². The maximum absolute atomic E-state index is 13.2. The van der Waals surface area contributed by atoms with Crippen LogP contribution in [-0.4, -0.2) is 38.0 Å². The third-order valence-corrected chi connectivity index (χ3v) is 5.43. The SMILES string of the molecule is COC(=O)c1cccc(N2CC(C(=O)N3CCCc4ccccc43)CC2=O)c1. The Morgan fingerprint density at radius 3 is 2.75 bits per heavy atom. The van der Waals surface area contributed by atoms with Gasteiger partial charge in [-0.25, -0.2) is 4.79 Å². The number of ether oxygens (including phenoxy) is 1. The molecule has 6 nitrogen and oxygen atoms in total. The highest BCUT2D eigenvalue weighted by Crippen LogP contribution is 2.32. The summed E-state index contributed by atoms with van der Waals surface area (Å²) in [6, 6.07) is 14.7. The molecule has 0 spiro atoms. The summed E-state index contributed by atoms with van der Waals surface area (Å²) in [7, 11) is 1.32. The topological polar surface area (TPSA) is 66.9 Å². The predicted molar refractivity (Wildman–Crippen MR) is 105 cm³/mol. The van der Waals surface area contributed by atoms with Crippen LogP contribution in [0.3, 0.4) is 0 Å². The maximum atomic E-state index is 13.2. The van der Waals surface area contributed by atoms with E-state index in [0.717, 1.165) is 18.5 Å². The van der Waals surface area contributed by atoms with E-state index < -0.39 is 5.97 Å². The first kappa shape index (κ1) is 18.2. The summed E-state index contributed by atoms with van der Waals surface area (Å²) in [4.78, 5) is 41.0. The predicted octanol–water partition coefficient (Wildman–Crippen LogP) is 2.81. The van der Waals surface area contributed by atoms with E-state index in [2.05, 4.69) is 6.07 Å². The van der Waals surface area contributed by atoms with E-state index in [-0.39, 0.29) is 24.2 Å². The second kappa shape index (κ2) is 7.46. The fourth-order valence-corrected chi connectivity index (χ4v) is 4.02. The van der Waals surface area contributed by atoms with Crippen molar-refractivity contribution in [2.75, 3.05) is 30.0 Å². The van der Waals surface area contributed by atoms with Gasteiger partial charge in [0, 0.05) is 30.9 Å². The number of benzene rings is 2. The van der Waals surface area contributed by atoms with Gasteiger partial charge in [0.2, 0.25) is 11.8 Å². The monoisotopic (exact) mass is 378 g/mol. The van der Waals surface area contributed by atoms with E-state index in [4.69, 9.17) is 4.74 Å². The number of hydrogen-bond donors (Lipinski definition) is 0. The minimum atomic E-state index is -0.453. The number of esters is 1. The largest absolute Gasteiger partial charge is 0.465 e. The Morgan fingerprint density at radius 1 is 1.11 bits per heavy atom. The molecule has 0 saturated carbocycles. The summed E-state index contributed by atoms with van der Waals surface area (Å²) in [5.41, 5.74) is 3.13. The van der Waals surface area contributed by atoms with E-state index in [0.29, 0.717) is 24.3 Å². The third-order valence-electron chi connectivity index (χ3n) is 5.43. The van der Waals surface area contributed by atoms with Gasteiger partial charge in [-0.3, -0.25) is 9.59 Å². The molecule has 2 aliphatic heterocycles. The van der Waals surface area contributed by atoms with E-state index in [9.17, 15) is 14.4 Å². The molecule has 4 rings (SSSR count). The lowest BCUT2D eigenvalue weighted by molar-refractivity contribution is -0.124. The summed E-state index contributed by atoms with van der Waals surface area (Å²) < 4.78 is 4.75. The molecule has 1 unspecified atom stereocenters. The quantitative estimate of drug-likeness (QED) is 0.771. The van der Waals surface area contributed by atoms with Crippen molar-refractivity contribution in [3.63, 3.8) is 0 Å². The molecular formula is C22H22N2O4. The van der Waals surface area contributed by atoms with Crippen molar-refractivity contribution in [2.45, 2.75) is 19.3 Å². The molecule has 0 aliphatic carbocycles. The Hall–Kier alpha value is -3.15. The standard InChI is InChI=1S/C22H22N2O4/c1-28-22(27)16-7-4-9-18(12-16)24-14-17(13-20(24)25)21(26)23-11-5-8-15-6-2-3-10-19(15)23/h2-4,6-7,9-10,12,17H,5,8,11,13-14H2,1H3. The molecule has 2 heterocycles. The van der Waals surface area contributed by atoms with E-state index >= 15 is 0 Å². The molecule has 0 aromatic heterocycles. The Morgan fingerprint density at radius 2 is 1.93 bits per heavy atom. The van der Waals surface area contributed by atoms with Gasteiger partial charge in [0.1, 0.15) is 0 Å². The van der Waals surface area contributed by atoms with Gasteiger partial charge in [-0.2, -0.15) is 0 Å². The number of carbonyl (C=O) groups is 3. The average molecular weight is 378 g/mol. The van der Waals surface area contributed by atoms with Crippen LogP contribution >= 0.6 is 0 Å². The Balaban J connectivity index is 1.54. The molecule has 1 saturated heterocycles. The molecule has 28 heavy (non-hydrogen) atoms. The smallest absolute Gasteiger partial charge is 0.337 e. The van der Waals surface area contributed by atoms with Crippen LogP contribution in [0.5, 0.6) is 0 Å². The fourth-order valence-electron chi connectivity index (χ4n) is 4.02. The van der Waals surface area contributed by atoms with Crippen molar-refractivity contribution >= 4 is 29.2 Å². The average Bonchev–Trinajstić information content (AvgIpc) is 3.14. The zero-order valence-corrected chi connectivity index (χ0v) is 15.8. The summed E-state index contributed by atoms with van der Waals surface area (Å²) >= 11 is 0. The molecule has 0 radical (unpaired) electrons. The van der Waals surface area contributed by atoms with Gasteiger partial charge in [-0.1, -0.05) is 24.3 Å². The third kappa shape index (κ3) is 3.26. The van der Waals surface area contributed by atoms with Crippen molar-refractivity contribution < 1.29 is 19.1 Å². The van der Waals surface area contributed by atoms with Crippen LogP contribution < -0.4 is 9.80 Å². The Labute approximate surface area is 163 Å². The minimum absolute atomic E-state index is 0.00729. The van der Waals surface area contributed by atoms with Crippen molar-refractivity contribution in [3.05, 3.63) is 59.7 Å². The summed E-state index contributed by atoms with van der Waals surface area (Å²) in [6.45, 7) is 0.999. The first-order valence-electron chi connectivity index (χ1n) is 9.46. The van der Waals surface area contributed by atoms with Crippen molar-refractivity contribution in [2.24, 2.45) is 5.92 Å². The van der Waals surface area contributed by atoms with Crippen LogP contribution in [0.2, 0.25) is 0 Å². The number of fused-ring (bicyclic) bond motifs is 1. The van der Waals surface area contributed by atoms with Gasteiger partial charge in [-0.15, -0.1) is 0 Å². The van der Waals surface area contributed by atoms with Gasteiger partial charge >= 0.3 is 5.97 Å². The molecule has 144 valence electrons. The van der Waals surface area contributed by atoms with Crippen LogP contribution in [0.1, 0.15) is 28.8 Å². The molecule has 2 amide bonds. The number of rotatable bonds is 3. The first-order chi connectivity index (χ1) is 13.6. The molecule has 6 heteroatoms. The molecule has 0 bridgehead atoms. The highest BCUT2D eigenvalue weighted by Gasteiger charge is 2.38. The lowest BCUT2D eigenvalue weighted by atomic mass is 9.99. The van der Waals surface area contributed by atoms with Crippen LogP contribution in [0.4, 0.5) is 11.4 Å². The van der Waals surface area contributed by atoms with Crippen LogP contribution in [-0.2, 0) is 20.7 Å². The van der Waals surface area contributed by atoms with Crippen molar-refractivity contribution in [1.82, 2.24) is 0 Å². The molecule has 1 fully saturated rings. The summed E-state index contributed by atoms with van der Waals surface area (Å²) in [5.74, 6) is -0.954. The molecule has 2 aromatic carbocycles. The van der Waals surface area contributed by atoms with Gasteiger partial charge in [0.25, 0.3) is 0 Å². The number of amides is 2. The summed E-state index contributed by atoms with van der Waals surface area (Å²) in [6.07, 6.45) is 2.07. The highest BCUT2D eigenvalue weighted by atomic mass is 16.5. The second-order valence-corrected chi connectivity index (χ2v) is 7.17. The molecule has 0 N–H and O–H groups in total. The number of methoxy groups -OCH3 is 1. The molecule has 1 atom stereocenters. The number of hydrogen-bond acceptors (Lipinski definition) is 4. The van der Waals surface area contributed by atoms with Gasteiger partial charge in [-0.05, 0) is 42.7 Å². The normalized spacial score (nSPS) is 18.8. The Kier molecular flexibility index (Phi) is 4.86. The second-order valence-electron chi connectivity index (χ2n) is 7.17. The van der Waals surface area contributed by atoms with Crippen molar-refractivity contribution in [1.29, 1.82) is 0 Å². The molecular weight excluding hydrogens is 356 g/mol. The van der Waals surface area contributed by atoms with Gasteiger partial charge in [0.05, 0.1) is 18.6 Å². The number of anilines is 2. The zero-order chi connectivity index (χ0) is 19.7. The van der Waals surface area contributed by atoms with Crippen LogP contribution in [0, 0.1) is 5.92 Å². The highest BCUT2D eigenvalue weighted by molar-refractivity contribution is 6.05. The van der Waals surface area contributed by atoms with Gasteiger partial charge < -0.3 is 14.5 Å². The molecule has 2 aliphatic rings. The van der Waals surface area contributed by atoms with E-state index in [1.165, 1.54) is 12.7 Å². The van der Waals surface area contributed by atoms with Crippen LogP contribution in [0.25, 0.3) is 0 Å². The van der Waals surface area contributed by atoms with E-state index in [1.54, 1.807) is 29.2 Å². The summed E-state index contributed by atoms with van der Waals surface area (Å²) in [5, 5.41) is 0. The molecule has 2 aromatic rings. The lowest BCUT2D eigenvalue weighted by Crippen LogP contribution is -2.40. The van der Waals surface area contributed by atoms with E-state index in [1.807, 2.05) is 23.1 Å². The van der Waals surface area contributed by atoms with Crippen LogP contribution in [0.15, 0.2) is 48.5 Å². The first-order valence-corrected chi connectivity index (χ1v) is 9.46. The van der Waals surface area contributed by atoms with Crippen molar-refractivity contribution in [3.8, 4) is 0 Å². The number of aryl methyl sites for hydroxylation is 1.